The molecule has 4 rings (SSSR count). The minimum atomic E-state index is -5.46. The fourth-order valence-corrected chi connectivity index (χ4v) is 6.56. The number of nitrogens with one attached hydrogen (secondary N) is 1. The van der Waals surface area contributed by atoms with Gasteiger partial charge in [0.2, 0.25) is 5.78 Å². The molecule has 1 aliphatic heterocycles. The van der Waals surface area contributed by atoms with Gasteiger partial charge in [0.05, 0.1) is 26.7 Å². The van der Waals surface area contributed by atoms with E-state index in [4.69, 9.17) is 0 Å². The fraction of sp³-hybridized carbons (Fsp3) is 0.0588. The van der Waals surface area contributed by atoms with Gasteiger partial charge in [-0.1, -0.05) is 0 Å². The molecule has 3 N–H and O–H groups in total. The quantitative estimate of drug-likeness (QED) is 0.149. The van der Waals surface area contributed by atoms with E-state index < -0.39 is 112 Å². The summed E-state index contributed by atoms with van der Waals surface area (Å²) in [7, 11) is -21.1. The largest absolute Gasteiger partial charge is 1.00 e. The van der Waals surface area contributed by atoms with Crippen molar-refractivity contribution in [1.29, 1.82) is 0 Å². The van der Waals surface area contributed by atoms with E-state index in [1.165, 1.54) is 0 Å². The third-order valence-corrected chi connectivity index (χ3v) is 8.81. The molecule has 0 aromatic heterocycles. The van der Waals surface area contributed by atoms with Crippen molar-refractivity contribution in [2.24, 2.45) is 0 Å². The molecule has 1 heterocycles. The molecule has 0 amide bonds. The zero-order valence-electron chi connectivity index (χ0n) is 20.9. The molecule has 2 aliphatic rings. The van der Waals surface area contributed by atoms with Crippen LogP contribution in [0.4, 0.5) is 5.69 Å². The van der Waals surface area contributed by atoms with Gasteiger partial charge in [-0.2, -0.15) is 16.8 Å². The number of anilines is 1. The summed E-state index contributed by atoms with van der Waals surface area (Å²) in [5, 5.41) is 2.17. The van der Waals surface area contributed by atoms with E-state index in [1.54, 1.807) is 0 Å². The van der Waals surface area contributed by atoms with Crippen molar-refractivity contribution in [3.05, 3.63) is 52.2 Å². The van der Waals surface area contributed by atoms with Crippen LogP contribution in [0.25, 0.3) is 0 Å². The number of fused-ring (bicyclic) bond motifs is 2. The molecule has 2 aromatic rings. The third kappa shape index (κ3) is 8.69. The number of rotatable bonds is 4. The van der Waals surface area contributed by atoms with Crippen LogP contribution < -0.4 is 211 Å². The second kappa shape index (κ2) is 15.2. The first kappa shape index (κ1) is 43.5. The number of Topliss-reactive ketones (excluding diaryl/α,β-unsaturated/α-hetero) is 2. The molecule has 40 heavy (non-hydrogen) atoms. The Morgan fingerprint density at radius 2 is 1.20 bits per heavy atom. The predicted octanol–water partition coefficient (Wildman–Crippen LogP) is -12.7. The van der Waals surface area contributed by atoms with Crippen LogP contribution in [0.2, 0.25) is 0 Å². The first-order valence-corrected chi connectivity index (χ1v) is 14.7. The molecular weight excluding hydrogens is 727 g/mol. The van der Waals surface area contributed by atoms with Gasteiger partial charge in [-0.05, 0) is 29.8 Å². The van der Waals surface area contributed by atoms with Crippen molar-refractivity contribution in [3.63, 3.8) is 0 Å². The molecule has 0 unspecified atom stereocenters. The number of allylic oxidation sites excluding steroid dienone is 2. The summed E-state index contributed by atoms with van der Waals surface area (Å²) in [6.07, 6.45) is -0.811. The molecule has 0 radical (unpaired) electrons. The van der Waals surface area contributed by atoms with Crippen LogP contribution in [0.15, 0.2) is 55.1 Å². The smallest absolute Gasteiger partial charge is 0.744 e. The molecule has 0 atom stereocenters. The van der Waals surface area contributed by atoms with Gasteiger partial charge in [-0.3, -0.25) is 18.7 Å². The maximum absolute atomic E-state index is 13.1. The Hall–Kier alpha value is 3.51. The van der Waals surface area contributed by atoms with Gasteiger partial charge in [0, 0.05) is 17.6 Å². The van der Waals surface area contributed by atoms with Crippen LogP contribution in [0.3, 0.4) is 0 Å². The number of hydrogen-bond donors (Lipinski definition) is 3. The zero-order valence-corrected chi connectivity index (χ0v) is 36.7. The van der Waals surface area contributed by atoms with E-state index in [0.717, 1.165) is 0 Å². The van der Waals surface area contributed by atoms with Crippen LogP contribution >= 0.6 is 0 Å². The third-order valence-electron chi connectivity index (χ3n) is 5.30. The molecule has 0 saturated heterocycles. The zero-order chi connectivity index (χ0) is 27.2. The van der Waals surface area contributed by atoms with E-state index in [0.29, 0.717) is 18.2 Å². The monoisotopic (exact) mass is 735 g/mol. The van der Waals surface area contributed by atoms with Gasteiger partial charge >= 0.3 is 206 Å². The first-order chi connectivity index (χ1) is 16.2. The fourth-order valence-electron chi connectivity index (χ4n) is 3.86. The maximum Gasteiger partial charge on any atom is 1.00 e. The van der Waals surface area contributed by atoms with E-state index in [2.05, 4.69) is 5.32 Å². The summed E-state index contributed by atoms with van der Waals surface area (Å²) in [6.45, 7) is 0. The molecule has 192 valence electrons. The predicted molar refractivity (Wildman–Crippen MR) is 111 cm³/mol. The van der Waals surface area contributed by atoms with E-state index in [-0.39, 0.29) is 212 Å². The number of carbonyl (C=O) groups is 2. The molecule has 23 heteroatoms. The Bertz CT molecular complexity index is 1920. The van der Waals surface area contributed by atoms with E-state index >= 15 is 0 Å². The average molecular weight is 736 g/mol. The molecule has 2 aromatic carbocycles. The second-order valence-corrected chi connectivity index (χ2v) is 12.9. The Kier molecular flexibility index (Phi) is 16.5. The van der Waals surface area contributed by atoms with Gasteiger partial charge < -0.3 is 14.4 Å². The Morgan fingerprint density at radius 3 is 1.65 bits per heavy atom. The SMILES string of the molecule is O=C1/C(=C2\Nc3c(S(=O)(=O)O)ccc(S(=O)(=O)O)c3C2=O)Cc2c1cc(S(=O)(=O)[O-])cc2S(=O)(=O)[O-].[K+].[K+].[K+].[K+]. The standard InChI is InChI=1S/C17H11NO14S4.4K/c19-16-8-3-6(33(21,22)23)4-12(36(30,31)32)7(8)5-9(16)14-17(20)13-10(34(24,25)26)1-2-11(15(13)18-14)35(27,28)29;;;;/h1-4,18H,5H2,(H,21,22,23)(H,24,25,26)(H,27,28,29)(H,30,31,32);;;;/q;4*+1/p-2/b14-9-;;;;. The van der Waals surface area contributed by atoms with Crippen LogP contribution in [0.5, 0.6) is 0 Å². The van der Waals surface area contributed by atoms with Crippen LogP contribution in [0.1, 0.15) is 26.3 Å². The minimum absolute atomic E-state index is 0. The van der Waals surface area contributed by atoms with Crippen LogP contribution in [-0.2, 0) is 46.9 Å². The van der Waals surface area contributed by atoms with Crippen molar-refractivity contribution in [3.8, 4) is 0 Å². The molecule has 0 spiro atoms. The topological polar surface area (TPSA) is 269 Å². The van der Waals surface area contributed by atoms with Crippen molar-refractivity contribution in [1.82, 2.24) is 0 Å². The first-order valence-electron chi connectivity index (χ1n) is 9.03. The molecule has 0 saturated carbocycles. The summed E-state index contributed by atoms with van der Waals surface area (Å²) in [5.41, 5.74) is -4.58. The van der Waals surface area contributed by atoms with Crippen molar-refractivity contribution in [2.75, 3.05) is 5.32 Å². The minimum Gasteiger partial charge on any atom is -0.744 e. The number of ketones is 2. The number of hydrogen-bond acceptors (Lipinski definition) is 13. The molecule has 1 aliphatic carbocycles. The summed E-state index contributed by atoms with van der Waals surface area (Å²) in [4.78, 5) is 21.5. The molecule has 0 fully saturated rings. The van der Waals surface area contributed by atoms with Gasteiger partial charge in [0.15, 0.2) is 5.78 Å². The van der Waals surface area contributed by atoms with Crippen LogP contribution in [0, 0.1) is 0 Å². The van der Waals surface area contributed by atoms with Crippen molar-refractivity contribution in [2.45, 2.75) is 26.0 Å². The Balaban J connectivity index is 0.00000380. The van der Waals surface area contributed by atoms with E-state index in [9.17, 15) is 61.5 Å². The maximum atomic E-state index is 13.1. The normalized spacial score (nSPS) is 16.4. The summed E-state index contributed by atoms with van der Waals surface area (Å²) < 4.78 is 135. The average Bonchev–Trinajstić information content (AvgIpc) is 3.21. The summed E-state index contributed by atoms with van der Waals surface area (Å²) in [5.74, 6) is -2.62. The Labute approximate surface area is 398 Å². The molecule has 0 bridgehead atoms. The molecular formula is C17H9K4NO14S4+2. The van der Waals surface area contributed by atoms with Gasteiger partial charge in [0.1, 0.15) is 30.0 Å². The van der Waals surface area contributed by atoms with Crippen LogP contribution in [-0.4, -0.2) is 63.4 Å². The van der Waals surface area contributed by atoms with Crippen molar-refractivity contribution < 1.29 is 267 Å². The van der Waals surface area contributed by atoms with Gasteiger partial charge in [-0.15, -0.1) is 0 Å². The molecule has 15 nitrogen and oxygen atoms in total. The van der Waals surface area contributed by atoms with Gasteiger partial charge in [0.25, 0.3) is 20.2 Å². The van der Waals surface area contributed by atoms with Crippen molar-refractivity contribution >= 4 is 57.7 Å². The summed E-state index contributed by atoms with van der Waals surface area (Å²) >= 11 is 0. The number of carbonyl (C=O) groups excluding carboxylic acids is 2. The Morgan fingerprint density at radius 1 is 0.700 bits per heavy atom. The second-order valence-electron chi connectivity index (χ2n) is 7.43. The number of benzene rings is 2. The van der Waals surface area contributed by atoms with E-state index in [1.807, 2.05) is 0 Å². The van der Waals surface area contributed by atoms with Gasteiger partial charge in [-0.25, -0.2) is 16.8 Å². The summed E-state index contributed by atoms with van der Waals surface area (Å²) in [6, 6.07) is 1.78.